The van der Waals surface area contributed by atoms with E-state index in [4.69, 9.17) is 0 Å². The van der Waals surface area contributed by atoms with Gasteiger partial charge >= 0.3 is 23.6 Å². The van der Waals surface area contributed by atoms with E-state index in [1.54, 1.807) is 0 Å². The second-order valence-electron chi connectivity index (χ2n) is 4.15. The van der Waals surface area contributed by atoms with E-state index >= 15 is 0 Å². The van der Waals surface area contributed by atoms with Gasteiger partial charge in [-0.05, 0) is 9.85 Å². The van der Waals surface area contributed by atoms with Crippen molar-refractivity contribution in [3.05, 3.63) is 43.7 Å². The molecular formula is C11H12N6O8. The van der Waals surface area contributed by atoms with E-state index < -0.39 is 21.8 Å². The summed E-state index contributed by atoms with van der Waals surface area (Å²) in [5, 5.41) is 29.5. The number of ether oxygens (including phenoxy) is 2. The zero-order valence-corrected chi connectivity index (χ0v) is 13.2. The van der Waals surface area contributed by atoms with E-state index in [2.05, 4.69) is 24.8 Å². The van der Waals surface area contributed by atoms with Gasteiger partial charge in [-0.2, -0.15) is 0 Å². The molecule has 0 fully saturated rings. The van der Waals surface area contributed by atoms with Crippen LogP contribution in [0.3, 0.4) is 0 Å². The monoisotopic (exact) mass is 356 g/mol. The highest BCUT2D eigenvalue weighted by Crippen LogP contribution is 2.12. The van der Waals surface area contributed by atoms with Crippen LogP contribution in [-0.4, -0.2) is 56.0 Å². The molecule has 0 atom stereocenters. The standard InChI is InChI=1S/C6H7N3O4.C5H5N3O4/c1-8-5(9(11)12)3-4(7-8)6(10)13-2;1-12-5(9)3-2-4(7-6-3)8(10)11/h3H,1-2H3;2H,1H3,(H,6,7). The lowest BCUT2D eigenvalue weighted by Gasteiger charge is -1.89. The first-order valence-electron chi connectivity index (χ1n) is 6.26. The van der Waals surface area contributed by atoms with E-state index in [-0.39, 0.29) is 23.0 Å². The summed E-state index contributed by atoms with van der Waals surface area (Å²) in [6.45, 7) is 0. The molecule has 2 aromatic rings. The maximum Gasteiger partial charge on any atom is 0.360 e. The van der Waals surface area contributed by atoms with Crippen molar-refractivity contribution in [1.29, 1.82) is 0 Å². The number of esters is 2. The van der Waals surface area contributed by atoms with Gasteiger partial charge in [0.25, 0.3) is 0 Å². The molecule has 0 saturated heterocycles. The summed E-state index contributed by atoms with van der Waals surface area (Å²) in [6, 6.07) is 2.07. The van der Waals surface area contributed by atoms with Gasteiger partial charge in [-0.25, -0.2) is 9.59 Å². The number of methoxy groups -OCH3 is 2. The van der Waals surface area contributed by atoms with Crippen LogP contribution in [0.15, 0.2) is 12.1 Å². The minimum atomic E-state index is -0.709. The largest absolute Gasteiger partial charge is 0.464 e. The molecule has 134 valence electrons. The molecule has 1 N–H and O–H groups in total. The van der Waals surface area contributed by atoms with E-state index in [0.29, 0.717) is 0 Å². The third kappa shape index (κ3) is 4.81. The number of carbonyl (C=O) groups is 2. The Morgan fingerprint density at radius 2 is 1.64 bits per heavy atom. The van der Waals surface area contributed by atoms with Gasteiger partial charge in [0.05, 0.1) is 26.4 Å². The van der Waals surface area contributed by atoms with Crippen molar-refractivity contribution >= 4 is 23.6 Å². The third-order valence-electron chi connectivity index (χ3n) is 2.59. The van der Waals surface area contributed by atoms with E-state index in [9.17, 15) is 29.8 Å². The van der Waals surface area contributed by atoms with Crippen molar-refractivity contribution in [2.45, 2.75) is 0 Å². The molecule has 0 bridgehead atoms. The molecule has 2 heterocycles. The Kier molecular flexibility index (Phi) is 6.25. The van der Waals surface area contributed by atoms with Gasteiger partial charge < -0.3 is 29.7 Å². The Hall–Kier alpha value is -3.84. The zero-order valence-electron chi connectivity index (χ0n) is 13.2. The highest BCUT2D eigenvalue weighted by Gasteiger charge is 2.20. The molecule has 0 spiro atoms. The first-order valence-corrected chi connectivity index (χ1v) is 6.26. The number of nitrogens with zero attached hydrogens (tertiary/aromatic N) is 5. The topological polar surface area (TPSA) is 185 Å². The molecule has 0 unspecified atom stereocenters. The average Bonchev–Trinajstić information content (AvgIpc) is 3.21. The molecule has 0 aliphatic carbocycles. The van der Waals surface area contributed by atoms with Crippen LogP contribution in [-0.2, 0) is 16.5 Å². The molecular weight excluding hydrogens is 344 g/mol. The molecule has 25 heavy (non-hydrogen) atoms. The summed E-state index contributed by atoms with van der Waals surface area (Å²) in [5.74, 6) is -1.99. The number of aryl methyl sites for hydroxylation is 1. The Labute approximate surface area is 138 Å². The lowest BCUT2D eigenvalue weighted by Crippen LogP contribution is -2.03. The van der Waals surface area contributed by atoms with Gasteiger partial charge in [-0.15, -0.1) is 9.78 Å². The van der Waals surface area contributed by atoms with Gasteiger partial charge in [0.1, 0.15) is 7.05 Å². The highest BCUT2D eigenvalue weighted by atomic mass is 16.6. The van der Waals surface area contributed by atoms with Crippen molar-refractivity contribution in [2.75, 3.05) is 14.2 Å². The minimum absolute atomic E-state index is 0.0725. The summed E-state index contributed by atoms with van der Waals surface area (Å²) in [6.07, 6.45) is 0. The summed E-state index contributed by atoms with van der Waals surface area (Å²) < 4.78 is 9.64. The number of nitro groups is 2. The number of aromatic nitrogens is 4. The summed E-state index contributed by atoms with van der Waals surface area (Å²) >= 11 is 0. The molecule has 0 aliphatic rings. The second kappa shape index (κ2) is 8.14. The minimum Gasteiger partial charge on any atom is -0.464 e. The summed E-state index contributed by atoms with van der Waals surface area (Å²) in [7, 11) is 3.73. The lowest BCUT2D eigenvalue weighted by molar-refractivity contribution is -0.392. The highest BCUT2D eigenvalue weighted by molar-refractivity contribution is 5.88. The maximum absolute atomic E-state index is 10.9. The van der Waals surface area contributed by atoms with Gasteiger partial charge in [-0.3, -0.25) is 0 Å². The van der Waals surface area contributed by atoms with Gasteiger partial charge in [-0.1, -0.05) is 10.2 Å². The smallest absolute Gasteiger partial charge is 0.360 e. The molecule has 0 amide bonds. The van der Waals surface area contributed by atoms with Crippen molar-refractivity contribution in [2.24, 2.45) is 7.05 Å². The SMILES string of the molecule is COC(=O)c1cc([N+](=O)[O-])[nH]n1.COC(=O)c1cc([N+](=O)[O-])n(C)n1. The summed E-state index contributed by atoms with van der Waals surface area (Å²) in [4.78, 5) is 40.7. The first-order chi connectivity index (χ1) is 11.7. The lowest BCUT2D eigenvalue weighted by atomic mass is 10.4. The molecule has 2 aromatic heterocycles. The fraction of sp³-hybridized carbons (Fsp3) is 0.273. The maximum atomic E-state index is 10.9. The average molecular weight is 356 g/mol. The molecule has 0 saturated carbocycles. The molecule has 2 rings (SSSR count). The van der Waals surface area contributed by atoms with Gasteiger partial charge in [0.2, 0.25) is 0 Å². The van der Waals surface area contributed by atoms with Crippen LogP contribution >= 0.6 is 0 Å². The van der Waals surface area contributed by atoms with E-state index in [1.165, 1.54) is 21.3 Å². The number of H-pyrrole nitrogens is 1. The van der Waals surface area contributed by atoms with Crippen LogP contribution in [0.4, 0.5) is 11.6 Å². The Morgan fingerprint density at radius 3 is 2.04 bits per heavy atom. The number of aromatic amines is 1. The van der Waals surface area contributed by atoms with Crippen LogP contribution in [0.25, 0.3) is 0 Å². The molecule has 0 radical (unpaired) electrons. The molecule has 14 heteroatoms. The van der Waals surface area contributed by atoms with Crippen LogP contribution < -0.4 is 0 Å². The first kappa shape index (κ1) is 19.2. The fourth-order valence-corrected chi connectivity index (χ4v) is 1.45. The van der Waals surface area contributed by atoms with Crippen molar-refractivity contribution in [3.63, 3.8) is 0 Å². The fourth-order valence-electron chi connectivity index (χ4n) is 1.45. The van der Waals surface area contributed by atoms with Crippen LogP contribution in [0.5, 0.6) is 0 Å². The Morgan fingerprint density at radius 1 is 1.08 bits per heavy atom. The van der Waals surface area contributed by atoms with Crippen LogP contribution in [0.2, 0.25) is 0 Å². The summed E-state index contributed by atoms with van der Waals surface area (Å²) in [5.41, 5.74) is -0.180. The van der Waals surface area contributed by atoms with Crippen LogP contribution in [0.1, 0.15) is 21.0 Å². The number of rotatable bonds is 4. The zero-order chi connectivity index (χ0) is 19.1. The van der Waals surface area contributed by atoms with Crippen molar-refractivity contribution in [3.8, 4) is 0 Å². The number of hydrogen-bond acceptors (Lipinski definition) is 10. The second-order valence-corrected chi connectivity index (χ2v) is 4.15. The van der Waals surface area contributed by atoms with Crippen molar-refractivity contribution < 1.29 is 28.9 Å². The van der Waals surface area contributed by atoms with Crippen molar-refractivity contribution in [1.82, 2.24) is 20.0 Å². The van der Waals surface area contributed by atoms with Gasteiger partial charge in [0, 0.05) is 0 Å². The number of hydrogen-bond donors (Lipinski definition) is 1. The van der Waals surface area contributed by atoms with E-state index in [1.807, 2.05) is 0 Å². The Bertz CT molecular complexity index is 809. The quantitative estimate of drug-likeness (QED) is 0.451. The molecule has 0 aromatic carbocycles. The van der Waals surface area contributed by atoms with E-state index in [0.717, 1.165) is 16.8 Å². The third-order valence-corrected chi connectivity index (χ3v) is 2.59. The predicted molar refractivity (Wildman–Crippen MR) is 77.8 cm³/mol. The number of nitrogens with one attached hydrogen (secondary N) is 1. The molecule has 0 aliphatic heterocycles. The molecule has 14 nitrogen and oxygen atoms in total. The normalized spacial score (nSPS) is 9.56. The van der Waals surface area contributed by atoms with Gasteiger partial charge in [0.15, 0.2) is 11.4 Å². The Balaban J connectivity index is 0.000000251. The van der Waals surface area contributed by atoms with Crippen LogP contribution in [0, 0.1) is 20.2 Å². The number of carbonyl (C=O) groups excluding carboxylic acids is 2. The predicted octanol–water partition coefficient (Wildman–Crippen LogP) is 0.219.